The van der Waals surface area contributed by atoms with Crippen LogP contribution in [0.5, 0.6) is 0 Å². The lowest BCUT2D eigenvalue weighted by molar-refractivity contribution is 0.298. The minimum atomic E-state index is 0.370. The number of nitrogens with one attached hydrogen (secondary N) is 1. The van der Waals surface area contributed by atoms with Crippen LogP contribution in [0, 0.1) is 0 Å². The molecule has 0 bridgehead atoms. The highest BCUT2D eigenvalue weighted by atomic mass is 32.2. The number of hydrogen-bond donors (Lipinski definition) is 1. The number of hydrogen-bond acceptors (Lipinski definition) is 5. The summed E-state index contributed by atoms with van der Waals surface area (Å²) in [5.41, 5.74) is 0. The number of nitrogens with zero attached hydrogens (tertiary/aromatic N) is 1. The molecule has 20 heavy (non-hydrogen) atoms. The van der Waals surface area contributed by atoms with Gasteiger partial charge in [0.1, 0.15) is 0 Å². The third-order valence-electron chi connectivity index (χ3n) is 3.54. The normalized spacial score (nSPS) is 16.9. The first kappa shape index (κ1) is 14.6. The molecule has 1 aliphatic rings. The molecule has 5 heteroatoms. The van der Waals surface area contributed by atoms with E-state index >= 15 is 0 Å². The van der Waals surface area contributed by atoms with Gasteiger partial charge in [0.25, 0.3) is 0 Å². The standard InChI is InChI=1S/C15H20N2S3/c1-3-13(19-9-1)15(14-4-2-10-20-14)16-5-6-17-7-11-18-12-8-17/h1-4,9-10,15-16H,5-8,11-12H2. The summed E-state index contributed by atoms with van der Waals surface area (Å²) in [4.78, 5) is 5.41. The van der Waals surface area contributed by atoms with E-state index in [0.717, 1.165) is 13.1 Å². The molecule has 1 fully saturated rings. The molecule has 1 N–H and O–H groups in total. The Morgan fingerprint density at radius 1 is 1.05 bits per heavy atom. The summed E-state index contributed by atoms with van der Waals surface area (Å²) >= 11 is 5.76. The monoisotopic (exact) mass is 324 g/mol. The van der Waals surface area contributed by atoms with Crippen LogP contribution in [0.25, 0.3) is 0 Å². The van der Waals surface area contributed by atoms with Crippen molar-refractivity contribution in [3.8, 4) is 0 Å². The minimum absolute atomic E-state index is 0.370. The average Bonchev–Trinajstić information content (AvgIpc) is 3.18. The summed E-state index contributed by atoms with van der Waals surface area (Å²) in [7, 11) is 0. The highest BCUT2D eigenvalue weighted by molar-refractivity contribution is 7.99. The molecule has 3 rings (SSSR count). The molecule has 0 atom stereocenters. The molecule has 0 saturated carbocycles. The van der Waals surface area contributed by atoms with Crippen LogP contribution in [0.3, 0.4) is 0 Å². The van der Waals surface area contributed by atoms with Gasteiger partial charge in [-0.1, -0.05) is 12.1 Å². The fraction of sp³-hybridized carbons (Fsp3) is 0.467. The van der Waals surface area contributed by atoms with E-state index in [4.69, 9.17) is 0 Å². The second kappa shape index (κ2) is 7.61. The van der Waals surface area contributed by atoms with Crippen molar-refractivity contribution >= 4 is 34.4 Å². The maximum Gasteiger partial charge on any atom is 0.0765 e. The lowest BCUT2D eigenvalue weighted by Gasteiger charge is -2.27. The van der Waals surface area contributed by atoms with Crippen LogP contribution in [0.1, 0.15) is 15.8 Å². The van der Waals surface area contributed by atoms with Gasteiger partial charge in [0, 0.05) is 47.4 Å². The summed E-state index contributed by atoms with van der Waals surface area (Å²) in [5, 5.41) is 8.08. The lowest BCUT2D eigenvalue weighted by Crippen LogP contribution is -2.38. The van der Waals surface area contributed by atoms with E-state index in [1.807, 2.05) is 22.7 Å². The Morgan fingerprint density at radius 3 is 2.25 bits per heavy atom. The number of thioether (sulfide) groups is 1. The zero-order valence-corrected chi connectivity index (χ0v) is 13.9. The summed E-state index contributed by atoms with van der Waals surface area (Å²) in [6.07, 6.45) is 0. The Bertz CT molecular complexity index is 441. The topological polar surface area (TPSA) is 15.3 Å². The summed E-state index contributed by atoms with van der Waals surface area (Å²) in [6.45, 7) is 4.71. The second-order valence-electron chi connectivity index (χ2n) is 4.87. The zero-order chi connectivity index (χ0) is 13.6. The first-order valence-corrected chi connectivity index (χ1v) is 9.95. The highest BCUT2D eigenvalue weighted by Gasteiger charge is 2.16. The van der Waals surface area contributed by atoms with E-state index in [1.165, 1.54) is 34.3 Å². The molecule has 0 aromatic carbocycles. The van der Waals surface area contributed by atoms with Crippen LogP contribution in [-0.4, -0.2) is 42.6 Å². The minimum Gasteiger partial charge on any atom is -0.304 e. The molecule has 0 amide bonds. The molecule has 1 saturated heterocycles. The fourth-order valence-corrected chi connectivity index (χ4v) is 5.13. The van der Waals surface area contributed by atoms with Gasteiger partial charge in [-0.2, -0.15) is 11.8 Å². The predicted octanol–water partition coefficient (Wildman–Crippen LogP) is 3.54. The van der Waals surface area contributed by atoms with E-state index in [9.17, 15) is 0 Å². The van der Waals surface area contributed by atoms with Crippen molar-refractivity contribution in [1.82, 2.24) is 10.2 Å². The van der Waals surface area contributed by atoms with Crippen LogP contribution in [-0.2, 0) is 0 Å². The van der Waals surface area contributed by atoms with Gasteiger partial charge in [-0.3, -0.25) is 0 Å². The molecule has 2 aromatic rings. The van der Waals surface area contributed by atoms with Crippen LogP contribution in [0.4, 0.5) is 0 Å². The van der Waals surface area contributed by atoms with Crippen molar-refractivity contribution < 1.29 is 0 Å². The fourth-order valence-electron chi connectivity index (χ4n) is 2.44. The molecule has 3 heterocycles. The summed E-state index contributed by atoms with van der Waals surface area (Å²) in [5.74, 6) is 2.58. The molecule has 1 aliphatic heterocycles. The zero-order valence-electron chi connectivity index (χ0n) is 11.5. The van der Waals surface area contributed by atoms with Crippen molar-refractivity contribution in [2.45, 2.75) is 6.04 Å². The summed E-state index contributed by atoms with van der Waals surface area (Å²) < 4.78 is 0. The van der Waals surface area contributed by atoms with Crippen molar-refractivity contribution in [3.63, 3.8) is 0 Å². The largest absolute Gasteiger partial charge is 0.304 e. The van der Waals surface area contributed by atoms with Gasteiger partial charge >= 0.3 is 0 Å². The van der Waals surface area contributed by atoms with E-state index < -0.39 is 0 Å². The molecule has 108 valence electrons. The van der Waals surface area contributed by atoms with Crippen molar-refractivity contribution in [3.05, 3.63) is 44.8 Å². The molecule has 0 aliphatic carbocycles. The number of thiophene rings is 2. The van der Waals surface area contributed by atoms with Crippen LogP contribution >= 0.6 is 34.4 Å². The SMILES string of the molecule is c1csc(C(NCCN2CCSCC2)c2cccs2)c1. The third kappa shape index (κ3) is 3.86. The Morgan fingerprint density at radius 2 is 1.70 bits per heavy atom. The molecular formula is C15H20N2S3. The highest BCUT2D eigenvalue weighted by Crippen LogP contribution is 2.28. The maximum atomic E-state index is 3.74. The van der Waals surface area contributed by atoms with Crippen LogP contribution < -0.4 is 5.32 Å². The smallest absolute Gasteiger partial charge is 0.0765 e. The van der Waals surface area contributed by atoms with Crippen molar-refractivity contribution in [2.75, 3.05) is 37.7 Å². The van der Waals surface area contributed by atoms with Gasteiger partial charge in [-0.05, 0) is 22.9 Å². The Balaban J connectivity index is 1.57. The van der Waals surface area contributed by atoms with E-state index in [-0.39, 0.29) is 0 Å². The molecule has 2 aromatic heterocycles. The average molecular weight is 325 g/mol. The molecule has 0 radical (unpaired) electrons. The first-order valence-electron chi connectivity index (χ1n) is 7.04. The van der Waals surface area contributed by atoms with Crippen molar-refractivity contribution in [2.24, 2.45) is 0 Å². The van der Waals surface area contributed by atoms with E-state index in [2.05, 4.69) is 57.0 Å². The van der Waals surface area contributed by atoms with Gasteiger partial charge in [-0.25, -0.2) is 0 Å². The molecule has 0 spiro atoms. The van der Waals surface area contributed by atoms with Gasteiger partial charge < -0.3 is 10.2 Å². The lowest BCUT2D eigenvalue weighted by atomic mass is 10.2. The van der Waals surface area contributed by atoms with E-state index in [0.29, 0.717) is 6.04 Å². The first-order chi connectivity index (χ1) is 9.93. The molecule has 2 nitrogen and oxygen atoms in total. The quantitative estimate of drug-likeness (QED) is 0.875. The van der Waals surface area contributed by atoms with Crippen LogP contribution in [0.2, 0.25) is 0 Å². The third-order valence-corrected chi connectivity index (χ3v) is 6.35. The Labute approximate surface area is 133 Å². The van der Waals surface area contributed by atoms with E-state index in [1.54, 1.807) is 0 Å². The molecule has 0 unspecified atom stereocenters. The van der Waals surface area contributed by atoms with Gasteiger partial charge in [0.05, 0.1) is 6.04 Å². The Kier molecular flexibility index (Phi) is 5.56. The molecular weight excluding hydrogens is 304 g/mol. The summed E-state index contributed by atoms with van der Waals surface area (Å²) in [6, 6.07) is 9.13. The van der Waals surface area contributed by atoms with Gasteiger partial charge in [0.2, 0.25) is 0 Å². The van der Waals surface area contributed by atoms with Gasteiger partial charge in [-0.15, -0.1) is 22.7 Å². The second-order valence-corrected chi connectivity index (χ2v) is 8.06. The maximum absolute atomic E-state index is 3.74. The van der Waals surface area contributed by atoms with Crippen molar-refractivity contribution in [1.29, 1.82) is 0 Å². The predicted molar refractivity (Wildman–Crippen MR) is 92.2 cm³/mol. The van der Waals surface area contributed by atoms with Gasteiger partial charge in [0.15, 0.2) is 0 Å². The Hall–Kier alpha value is -0.330. The number of rotatable bonds is 6. The van der Waals surface area contributed by atoms with Crippen LogP contribution in [0.15, 0.2) is 35.0 Å².